The van der Waals surface area contributed by atoms with Crippen LogP contribution in [0.15, 0.2) is 45.6 Å². The smallest absolute Gasteiger partial charge is 0.336 e. The summed E-state index contributed by atoms with van der Waals surface area (Å²) in [6.45, 7) is 2.00. The lowest BCUT2D eigenvalue weighted by molar-refractivity contribution is 0.555. The maximum Gasteiger partial charge on any atom is 0.336 e. The first-order valence-electron chi connectivity index (χ1n) is 5.93. The van der Waals surface area contributed by atoms with Gasteiger partial charge in [0.1, 0.15) is 5.58 Å². The Balaban J connectivity index is 2.25. The molecule has 0 amide bonds. The molecule has 2 nitrogen and oxygen atoms in total. The average Bonchev–Trinajstić information content (AvgIpc) is 2.80. The Morgan fingerprint density at radius 3 is 2.71 bits per heavy atom. The number of aryl methyl sites for hydroxylation is 1. The van der Waals surface area contributed by atoms with Gasteiger partial charge in [-0.25, -0.2) is 4.79 Å². The monoisotopic (exact) mass is 226 g/mol. The SMILES string of the molecule is Cc1ccc2c(C3CC=CC3)cc(=O)oc2c1. The minimum absolute atomic E-state index is 0.245. The van der Waals surface area contributed by atoms with E-state index in [4.69, 9.17) is 4.42 Å². The third-order valence-electron chi connectivity index (χ3n) is 3.38. The summed E-state index contributed by atoms with van der Waals surface area (Å²) in [5.74, 6) is 0.435. The zero-order valence-corrected chi connectivity index (χ0v) is 9.77. The van der Waals surface area contributed by atoms with E-state index in [1.54, 1.807) is 6.07 Å². The summed E-state index contributed by atoms with van der Waals surface area (Å²) < 4.78 is 5.27. The van der Waals surface area contributed by atoms with Crippen LogP contribution in [0.25, 0.3) is 11.0 Å². The molecule has 1 aromatic carbocycles. The van der Waals surface area contributed by atoms with Gasteiger partial charge in [-0.1, -0.05) is 24.3 Å². The molecule has 0 atom stereocenters. The highest BCUT2D eigenvalue weighted by Crippen LogP contribution is 2.33. The lowest BCUT2D eigenvalue weighted by atomic mass is 9.94. The largest absolute Gasteiger partial charge is 0.423 e. The van der Waals surface area contributed by atoms with E-state index in [9.17, 15) is 4.79 Å². The number of rotatable bonds is 1. The molecule has 3 rings (SSSR count). The molecule has 2 aromatic rings. The molecule has 0 bridgehead atoms. The van der Waals surface area contributed by atoms with Gasteiger partial charge in [-0.2, -0.15) is 0 Å². The standard InChI is InChI=1S/C15H14O2/c1-10-6-7-12-13(11-4-2-3-5-11)9-15(16)17-14(12)8-10/h2-3,6-9,11H,4-5H2,1H3. The maximum absolute atomic E-state index is 11.6. The second-order valence-electron chi connectivity index (χ2n) is 4.66. The summed E-state index contributed by atoms with van der Waals surface area (Å²) in [6.07, 6.45) is 6.40. The van der Waals surface area contributed by atoms with Crippen LogP contribution < -0.4 is 5.63 Å². The predicted molar refractivity (Wildman–Crippen MR) is 68.3 cm³/mol. The van der Waals surface area contributed by atoms with E-state index in [0.717, 1.165) is 29.4 Å². The molecular formula is C15H14O2. The van der Waals surface area contributed by atoms with Gasteiger partial charge in [0.05, 0.1) is 0 Å². The molecule has 2 heteroatoms. The Morgan fingerprint density at radius 2 is 1.94 bits per heavy atom. The Hall–Kier alpha value is -1.83. The Kier molecular flexibility index (Phi) is 2.36. The summed E-state index contributed by atoms with van der Waals surface area (Å²) >= 11 is 0. The number of hydrogen-bond donors (Lipinski definition) is 0. The lowest BCUT2D eigenvalue weighted by Crippen LogP contribution is -2.03. The number of benzene rings is 1. The normalized spacial score (nSPS) is 15.8. The van der Waals surface area contributed by atoms with Crippen molar-refractivity contribution in [2.24, 2.45) is 0 Å². The van der Waals surface area contributed by atoms with Crippen LogP contribution in [0.3, 0.4) is 0 Å². The van der Waals surface area contributed by atoms with E-state index in [1.165, 1.54) is 0 Å². The molecule has 0 radical (unpaired) electrons. The van der Waals surface area contributed by atoms with Crippen molar-refractivity contribution in [1.82, 2.24) is 0 Å². The summed E-state index contributed by atoms with van der Waals surface area (Å²) in [4.78, 5) is 11.6. The van der Waals surface area contributed by atoms with Gasteiger partial charge < -0.3 is 4.42 Å². The van der Waals surface area contributed by atoms with Gasteiger partial charge in [0.2, 0.25) is 0 Å². The van der Waals surface area contributed by atoms with Gasteiger partial charge in [0.25, 0.3) is 0 Å². The number of fused-ring (bicyclic) bond motifs is 1. The van der Waals surface area contributed by atoms with Crippen molar-refractivity contribution in [2.45, 2.75) is 25.7 Å². The van der Waals surface area contributed by atoms with Gasteiger partial charge in [-0.05, 0) is 42.9 Å². The predicted octanol–water partition coefficient (Wildman–Crippen LogP) is 3.54. The molecule has 0 saturated carbocycles. The molecular weight excluding hydrogens is 212 g/mol. The fourth-order valence-electron chi connectivity index (χ4n) is 2.50. The lowest BCUT2D eigenvalue weighted by Gasteiger charge is -2.12. The maximum atomic E-state index is 11.6. The molecule has 0 aliphatic heterocycles. The van der Waals surface area contributed by atoms with E-state index in [0.29, 0.717) is 11.5 Å². The van der Waals surface area contributed by atoms with Gasteiger partial charge >= 0.3 is 5.63 Å². The molecule has 1 aliphatic rings. The second-order valence-corrected chi connectivity index (χ2v) is 4.66. The van der Waals surface area contributed by atoms with E-state index in [-0.39, 0.29) is 5.63 Å². The highest BCUT2D eigenvalue weighted by molar-refractivity contribution is 5.81. The van der Waals surface area contributed by atoms with Crippen LogP contribution in [0.1, 0.15) is 29.9 Å². The summed E-state index contributed by atoms with van der Waals surface area (Å²) in [5, 5.41) is 1.07. The van der Waals surface area contributed by atoms with Crippen molar-refractivity contribution in [3.8, 4) is 0 Å². The molecule has 17 heavy (non-hydrogen) atoms. The first-order valence-corrected chi connectivity index (χ1v) is 5.93. The molecule has 1 heterocycles. The van der Waals surface area contributed by atoms with Crippen molar-refractivity contribution in [1.29, 1.82) is 0 Å². The van der Waals surface area contributed by atoms with Gasteiger partial charge in [0, 0.05) is 11.5 Å². The van der Waals surface area contributed by atoms with Crippen molar-refractivity contribution >= 4 is 11.0 Å². The van der Waals surface area contributed by atoms with Crippen molar-refractivity contribution in [3.05, 3.63) is 58.0 Å². The van der Waals surface area contributed by atoms with E-state index in [1.807, 2.05) is 13.0 Å². The number of hydrogen-bond acceptors (Lipinski definition) is 2. The van der Waals surface area contributed by atoms with E-state index >= 15 is 0 Å². The highest BCUT2D eigenvalue weighted by Gasteiger charge is 2.17. The Bertz CT molecular complexity index is 642. The van der Waals surface area contributed by atoms with E-state index < -0.39 is 0 Å². The quantitative estimate of drug-likeness (QED) is 0.550. The van der Waals surface area contributed by atoms with Crippen LogP contribution in [0.4, 0.5) is 0 Å². The third kappa shape index (κ3) is 1.80. The van der Waals surface area contributed by atoms with Crippen LogP contribution in [-0.4, -0.2) is 0 Å². The molecule has 1 aromatic heterocycles. The summed E-state index contributed by atoms with van der Waals surface area (Å²) in [5.41, 5.74) is 2.70. The molecule has 0 saturated heterocycles. The molecule has 0 N–H and O–H groups in total. The fourth-order valence-corrected chi connectivity index (χ4v) is 2.50. The highest BCUT2D eigenvalue weighted by atomic mass is 16.4. The van der Waals surface area contributed by atoms with E-state index in [2.05, 4.69) is 24.3 Å². The average molecular weight is 226 g/mol. The minimum Gasteiger partial charge on any atom is -0.423 e. The topological polar surface area (TPSA) is 30.2 Å². The van der Waals surface area contributed by atoms with Gasteiger partial charge in [0.15, 0.2) is 0 Å². The first-order chi connectivity index (χ1) is 8.24. The van der Waals surface area contributed by atoms with Gasteiger partial charge in [-0.3, -0.25) is 0 Å². The molecule has 1 aliphatic carbocycles. The minimum atomic E-state index is -0.245. The van der Waals surface area contributed by atoms with Crippen molar-refractivity contribution < 1.29 is 4.42 Å². The summed E-state index contributed by atoms with van der Waals surface area (Å²) in [6, 6.07) is 7.70. The van der Waals surface area contributed by atoms with Crippen LogP contribution in [0, 0.1) is 6.92 Å². The van der Waals surface area contributed by atoms with Crippen LogP contribution >= 0.6 is 0 Å². The van der Waals surface area contributed by atoms with Crippen LogP contribution in [0.5, 0.6) is 0 Å². The van der Waals surface area contributed by atoms with Crippen molar-refractivity contribution in [2.75, 3.05) is 0 Å². The third-order valence-corrected chi connectivity index (χ3v) is 3.38. The number of allylic oxidation sites excluding steroid dienone is 2. The zero-order chi connectivity index (χ0) is 11.8. The zero-order valence-electron chi connectivity index (χ0n) is 9.77. The molecule has 0 fully saturated rings. The molecule has 0 spiro atoms. The van der Waals surface area contributed by atoms with Crippen LogP contribution in [-0.2, 0) is 0 Å². The Labute approximate surface area is 99.6 Å². The molecule has 0 unspecified atom stereocenters. The first kappa shape index (κ1) is 10.3. The van der Waals surface area contributed by atoms with Crippen LogP contribution in [0.2, 0.25) is 0 Å². The van der Waals surface area contributed by atoms with Crippen molar-refractivity contribution in [3.63, 3.8) is 0 Å². The Morgan fingerprint density at radius 1 is 1.18 bits per heavy atom. The second kappa shape index (κ2) is 3.88. The van der Waals surface area contributed by atoms with Gasteiger partial charge in [-0.15, -0.1) is 0 Å². The molecule has 86 valence electrons. The summed E-state index contributed by atoms with van der Waals surface area (Å²) in [7, 11) is 0. The fraction of sp³-hybridized carbons (Fsp3) is 0.267.